The van der Waals surface area contributed by atoms with E-state index in [1.54, 1.807) is 0 Å². The number of ether oxygens (including phenoxy) is 2. The van der Waals surface area contributed by atoms with Gasteiger partial charge in [0.2, 0.25) is 0 Å². The molecule has 5 nitrogen and oxygen atoms in total. The third-order valence-corrected chi connectivity index (χ3v) is 2.47. The largest absolute Gasteiger partial charge is 0.465 e. The van der Waals surface area contributed by atoms with Gasteiger partial charge in [0.25, 0.3) is 0 Å². The third kappa shape index (κ3) is 3.93. The number of methoxy groups -OCH3 is 2. The molecule has 1 aromatic rings. The normalized spacial score (nSPS) is 9.42. The van der Waals surface area contributed by atoms with E-state index in [-0.39, 0.29) is 5.56 Å². The fourth-order valence-electron chi connectivity index (χ4n) is 1.25. The lowest BCUT2D eigenvalue weighted by molar-refractivity contribution is -0.144. The Morgan fingerprint density at radius 3 is 1.89 bits per heavy atom. The topological polar surface area (TPSA) is 69.7 Å². The van der Waals surface area contributed by atoms with Crippen molar-refractivity contribution in [3.63, 3.8) is 0 Å². The lowest BCUT2D eigenvalue weighted by Gasteiger charge is -2.03. The molecule has 0 aliphatic rings. The number of carbonyl (C=O) groups is 3. The third-order valence-electron chi connectivity index (χ3n) is 2.21. The molecule has 0 unspecified atom stereocenters. The average molecular weight is 283 g/mol. The molecule has 19 heavy (non-hydrogen) atoms. The Labute approximate surface area is 114 Å². The van der Waals surface area contributed by atoms with Crippen LogP contribution in [-0.4, -0.2) is 31.9 Å². The molecule has 0 aliphatic heterocycles. The maximum atomic E-state index is 11.9. The van der Waals surface area contributed by atoms with Crippen LogP contribution >= 0.6 is 11.6 Å². The molecule has 6 heteroatoms. The van der Waals surface area contributed by atoms with E-state index in [2.05, 4.69) is 9.47 Å². The zero-order valence-electron chi connectivity index (χ0n) is 10.3. The van der Waals surface area contributed by atoms with Crippen molar-refractivity contribution in [1.29, 1.82) is 0 Å². The highest BCUT2D eigenvalue weighted by Crippen LogP contribution is 2.12. The van der Waals surface area contributed by atoms with Crippen molar-refractivity contribution in [1.82, 2.24) is 0 Å². The summed E-state index contributed by atoms with van der Waals surface area (Å²) in [7, 11) is 2.21. The molecular formula is C13H11ClO5. The first-order valence-corrected chi connectivity index (χ1v) is 5.55. The van der Waals surface area contributed by atoms with Gasteiger partial charge in [0.15, 0.2) is 5.78 Å². The van der Waals surface area contributed by atoms with Crippen molar-refractivity contribution in [3.05, 3.63) is 46.5 Å². The van der Waals surface area contributed by atoms with E-state index in [4.69, 9.17) is 11.6 Å². The van der Waals surface area contributed by atoms with Crippen molar-refractivity contribution in [3.8, 4) is 0 Å². The van der Waals surface area contributed by atoms with Gasteiger partial charge in [0.1, 0.15) is 5.57 Å². The zero-order valence-corrected chi connectivity index (χ0v) is 11.1. The van der Waals surface area contributed by atoms with Gasteiger partial charge in [-0.15, -0.1) is 0 Å². The minimum absolute atomic E-state index is 0.287. The van der Waals surface area contributed by atoms with Crippen LogP contribution in [0.5, 0.6) is 0 Å². The Hall–Kier alpha value is -2.14. The summed E-state index contributed by atoms with van der Waals surface area (Å²) < 4.78 is 8.82. The highest BCUT2D eigenvalue weighted by molar-refractivity contribution is 6.30. The number of hydrogen-bond donors (Lipinski definition) is 0. The molecule has 0 amide bonds. The smallest absolute Gasteiger partial charge is 0.345 e. The fourth-order valence-corrected chi connectivity index (χ4v) is 1.38. The summed E-state index contributed by atoms with van der Waals surface area (Å²) >= 11 is 5.69. The number of benzene rings is 1. The van der Waals surface area contributed by atoms with Crippen molar-refractivity contribution in [2.45, 2.75) is 0 Å². The van der Waals surface area contributed by atoms with Crippen LogP contribution in [0.4, 0.5) is 0 Å². The average Bonchev–Trinajstić information content (AvgIpc) is 2.43. The quantitative estimate of drug-likeness (QED) is 0.277. The molecule has 1 aromatic carbocycles. The van der Waals surface area contributed by atoms with Gasteiger partial charge < -0.3 is 9.47 Å². The molecule has 100 valence electrons. The summed E-state index contributed by atoms with van der Waals surface area (Å²) in [5.41, 5.74) is -0.181. The summed E-state index contributed by atoms with van der Waals surface area (Å²) in [4.78, 5) is 34.6. The van der Waals surface area contributed by atoms with Crippen LogP contribution < -0.4 is 0 Å². The van der Waals surface area contributed by atoms with E-state index >= 15 is 0 Å². The highest BCUT2D eigenvalue weighted by atomic mass is 35.5. The van der Waals surface area contributed by atoms with Crippen LogP contribution in [0.3, 0.4) is 0 Å². The summed E-state index contributed by atoms with van der Waals surface area (Å²) in [5, 5.41) is 0.474. The second kappa shape index (κ2) is 6.70. The SMILES string of the molecule is COC(=O)C(=CC(=O)c1ccc(Cl)cc1)C(=O)OC. The molecule has 0 N–H and O–H groups in total. The van der Waals surface area contributed by atoms with E-state index in [1.165, 1.54) is 24.3 Å². The number of esters is 2. The van der Waals surface area contributed by atoms with Crippen LogP contribution in [-0.2, 0) is 19.1 Å². The standard InChI is InChI=1S/C13H11ClO5/c1-18-12(16)10(13(17)19-2)7-11(15)8-3-5-9(14)6-4-8/h3-7H,1-2H3. The predicted molar refractivity (Wildman–Crippen MR) is 67.9 cm³/mol. The molecule has 1 rings (SSSR count). The molecule has 0 atom stereocenters. The number of ketones is 1. The molecule has 0 spiro atoms. The first kappa shape index (κ1) is 14.9. The number of allylic oxidation sites excluding steroid dienone is 1. The van der Waals surface area contributed by atoms with Gasteiger partial charge in [0, 0.05) is 16.7 Å². The van der Waals surface area contributed by atoms with Crippen molar-refractivity contribution in [2.24, 2.45) is 0 Å². The van der Waals surface area contributed by atoms with E-state index in [1.807, 2.05) is 0 Å². The Morgan fingerprint density at radius 1 is 1.00 bits per heavy atom. The first-order chi connectivity index (χ1) is 8.99. The first-order valence-electron chi connectivity index (χ1n) is 5.17. The molecule has 0 aromatic heterocycles. The summed E-state index contributed by atoms with van der Waals surface area (Å²) in [6, 6.07) is 6.01. The molecule has 0 saturated carbocycles. The van der Waals surface area contributed by atoms with Crippen LogP contribution in [0.25, 0.3) is 0 Å². The van der Waals surface area contributed by atoms with Crippen LogP contribution in [0.15, 0.2) is 35.9 Å². The lowest BCUT2D eigenvalue weighted by Crippen LogP contribution is -2.17. The predicted octanol–water partition coefficient (Wildman–Crippen LogP) is 1.80. The van der Waals surface area contributed by atoms with Gasteiger partial charge >= 0.3 is 11.9 Å². The van der Waals surface area contributed by atoms with E-state index in [9.17, 15) is 14.4 Å². The van der Waals surface area contributed by atoms with Crippen molar-refractivity contribution >= 4 is 29.3 Å². The summed E-state index contributed by atoms with van der Waals surface area (Å²) in [5.74, 6) is -2.40. The number of rotatable bonds is 4. The zero-order chi connectivity index (χ0) is 14.4. The van der Waals surface area contributed by atoms with Crippen molar-refractivity contribution < 1.29 is 23.9 Å². The monoisotopic (exact) mass is 282 g/mol. The minimum atomic E-state index is -0.936. The second-order valence-electron chi connectivity index (χ2n) is 3.41. The summed E-state index contributed by atoms with van der Waals surface area (Å²) in [6.07, 6.45) is 0.876. The number of hydrogen-bond acceptors (Lipinski definition) is 5. The van der Waals surface area contributed by atoms with E-state index in [0.29, 0.717) is 5.02 Å². The number of carbonyl (C=O) groups excluding carboxylic acids is 3. The summed E-state index contributed by atoms with van der Waals surface area (Å²) in [6.45, 7) is 0. The molecule has 0 radical (unpaired) electrons. The molecule has 0 bridgehead atoms. The second-order valence-corrected chi connectivity index (χ2v) is 3.85. The highest BCUT2D eigenvalue weighted by Gasteiger charge is 2.21. The van der Waals surface area contributed by atoms with Crippen molar-refractivity contribution in [2.75, 3.05) is 14.2 Å². The maximum Gasteiger partial charge on any atom is 0.345 e. The van der Waals surface area contributed by atoms with Gasteiger partial charge in [0.05, 0.1) is 14.2 Å². The molecular weight excluding hydrogens is 272 g/mol. The van der Waals surface area contributed by atoms with Gasteiger partial charge in [-0.2, -0.15) is 0 Å². The van der Waals surface area contributed by atoms with Gasteiger partial charge in [-0.25, -0.2) is 9.59 Å². The molecule has 0 aliphatic carbocycles. The molecule has 0 fully saturated rings. The van der Waals surface area contributed by atoms with Crippen LogP contribution in [0.1, 0.15) is 10.4 Å². The fraction of sp³-hybridized carbons (Fsp3) is 0.154. The Bertz CT molecular complexity index is 512. The Morgan fingerprint density at radius 2 is 1.47 bits per heavy atom. The van der Waals surface area contributed by atoms with E-state index in [0.717, 1.165) is 20.3 Å². The minimum Gasteiger partial charge on any atom is -0.465 e. The molecule has 0 heterocycles. The maximum absolute atomic E-state index is 11.9. The van der Waals surface area contributed by atoms with Crippen LogP contribution in [0.2, 0.25) is 5.02 Å². The Balaban J connectivity index is 3.08. The molecule has 0 saturated heterocycles. The van der Waals surface area contributed by atoms with Gasteiger partial charge in [-0.05, 0) is 24.3 Å². The van der Waals surface area contributed by atoms with Gasteiger partial charge in [-0.3, -0.25) is 4.79 Å². The Kier molecular flexibility index (Phi) is 5.26. The van der Waals surface area contributed by atoms with Gasteiger partial charge in [-0.1, -0.05) is 11.6 Å². The number of halogens is 1. The van der Waals surface area contributed by atoms with E-state index < -0.39 is 23.3 Å². The lowest BCUT2D eigenvalue weighted by atomic mass is 10.1. The van der Waals surface area contributed by atoms with Crippen LogP contribution in [0, 0.1) is 0 Å².